The molecule has 2 aliphatic rings. The number of aliphatic imine (C=N–C) groups is 1. The third kappa shape index (κ3) is 3.41. The van der Waals surface area contributed by atoms with Gasteiger partial charge in [0.2, 0.25) is 6.08 Å². The quantitative estimate of drug-likeness (QED) is 0.602. The van der Waals surface area contributed by atoms with E-state index < -0.39 is 5.54 Å². The Bertz CT molecular complexity index is 586. The molecule has 23 heavy (non-hydrogen) atoms. The first-order chi connectivity index (χ1) is 11.3. The number of thioether (sulfide) groups is 1. The topological polar surface area (TPSA) is 47.9 Å². The number of carbonyl (C=O) groups excluding carboxylic acids is 1. The Morgan fingerprint density at radius 3 is 2.78 bits per heavy atom. The average Bonchev–Trinajstić information content (AvgIpc) is 3.06. The van der Waals surface area contributed by atoms with Crippen LogP contribution in [0.25, 0.3) is 0 Å². The maximum atomic E-state index is 11.0. The van der Waals surface area contributed by atoms with Crippen LogP contribution in [0.2, 0.25) is 0 Å². The molecule has 1 atom stereocenters. The standard InChI is InChI=1S/C18H23NO3S/c1-21-16-8-4-7-15(18(19-13-20)9-2-3-10-18)17(16)22-14-6-5-11-23-12-14/h4,7-8,14H,2-3,5-6,9-12H2,1H3. The van der Waals surface area contributed by atoms with Gasteiger partial charge in [-0.2, -0.15) is 16.8 Å². The summed E-state index contributed by atoms with van der Waals surface area (Å²) >= 11 is 1.93. The van der Waals surface area contributed by atoms with Crippen LogP contribution in [0.1, 0.15) is 44.1 Å². The molecular weight excluding hydrogens is 310 g/mol. The van der Waals surface area contributed by atoms with Crippen molar-refractivity contribution in [1.29, 1.82) is 0 Å². The molecule has 3 rings (SSSR count). The Morgan fingerprint density at radius 1 is 1.30 bits per heavy atom. The summed E-state index contributed by atoms with van der Waals surface area (Å²) in [4.78, 5) is 15.2. The lowest BCUT2D eigenvalue weighted by atomic mass is 9.88. The van der Waals surface area contributed by atoms with Crippen LogP contribution in [0, 0.1) is 0 Å². The minimum Gasteiger partial charge on any atom is -0.493 e. The SMILES string of the molecule is COc1cccc(C2(N=C=O)CCCC2)c1OC1CCCSC1. The zero-order valence-electron chi connectivity index (χ0n) is 13.5. The van der Waals surface area contributed by atoms with Gasteiger partial charge in [0.25, 0.3) is 0 Å². The zero-order valence-corrected chi connectivity index (χ0v) is 14.4. The van der Waals surface area contributed by atoms with Crippen LogP contribution in [0.15, 0.2) is 23.2 Å². The van der Waals surface area contributed by atoms with Crippen molar-refractivity contribution in [3.8, 4) is 11.5 Å². The zero-order chi connectivity index (χ0) is 16.1. The summed E-state index contributed by atoms with van der Waals surface area (Å²) in [6, 6.07) is 5.90. The van der Waals surface area contributed by atoms with Crippen LogP contribution < -0.4 is 9.47 Å². The van der Waals surface area contributed by atoms with Crippen molar-refractivity contribution in [3.63, 3.8) is 0 Å². The lowest BCUT2D eigenvalue weighted by Crippen LogP contribution is -2.27. The number of hydrogen-bond donors (Lipinski definition) is 0. The molecule has 1 aromatic rings. The highest BCUT2D eigenvalue weighted by atomic mass is 32.2. The van der Waals surface area contributed by atoms with Crippen molar-refractivity contribution >= 4 is 17.8 Å². The Balaban J connectivity index is 2.00. The summed E-state index contributed by atoms with van der Waals surface area (Å²) < 4.78 is 11.9. The van der Waals surface area contributed by atoms with Crippen LogP contribution >= 0.6 is 11.8 Å². The van der Waals surface area contributed by atoms with Crippen LogP contribution in [0.5, 0.6) is 11.5 Å². The normalized spacial score (nSPS) is 23.1. The van der Waals surface area contributed by atoms with E-state index in [0.29, 0.717) is 0 Å². The smallest absolute Gasteiger partial charge is 0.235 e. The van der Waals surface area contributed by atoms with Crippen molar-refractivity contribution in [1.82, 2.24) is 0 Å². The molecule has 0 aromatic heterocycles. The van der Waals surface area contributed by atoms with Crippen molar-refractivity contribution in [3.05, 3.63) is 23.8 Å². The molecule has 5 heteroatoms. The van der Waals surface area contributed by atoms with Gasteiger partial charge in [0, 0.05) is 11.3 Å². The predicted octanol–water partition coefficient (Wildman–Crippen LogP) is 4.07. The molecule has 1 heterocycles. The number of methoxy groups -OCH3 is 1. The summed E-state index contributed by atoms with van der Waals surface area (Å²) in [6.45, 7) is 0. The largest absolute Gasteiger partial charge is 0.493 e. The van der Waals surface area contributed by atoms with Gasteiger partial charge in [-0.25, -0.2) is 4.79 Å². The van der Waals surface area contributed by atoms with Gasteiger partial charge in [0.1, 0.15) is 11.6 Å². The number of rotatable bonds is 5. The highest BCUT2D eigenvalue weighted by molar-refractivity contribution is 7.99. The summed E-state index contributed by atoms with van der Waals surface area (Å²) in [7, 11) is 1.66. The molecule has 0 spiro atoms. The number of isocyanates is 1. The minimum absolute atomic E-state index is 0.197. The Labute approximate surface area is 141 Å². The van der Waals surface area contributed by atoms with Crippen molar-refractivity contribution in [2.75, 3.05) is 18.6 Å². The van der Waals surface area contributed by atoms with E-state index in [1.165, 1.54) is 12.2 Å². The van der Waals surface area contributed by atoms with Gasteiger partial charge in [-0.1, -0.05) is 25.0 Å². The first kappa shape index (κ1) is 16.4. The van der Waals surface area contributed by atoms with Crippen molar-refractivity contribution in [2.45, 2.75) is 50.2 Å². The van der Waals surface area contributed by atoms with Crippen molar-refractivity contribution < 1.29 is 14.3 Å². The second kappa shape index (κ2) is 7.41. The van der Waals surface area contributed by atoms with E-state index in [9.17, 15) is 4.79 Å². The fraction of sp³-hybridized carbons (Fsp3) is 0.611. The molecule has 0 bridgehead atoms. The van der Waals surface area contributed by atoms with E-state index >= 15 is 0 Å². The number of hydrogen-bond acceptors (Lipinski definition) is 5. The number of nitrogens with zero attached hydrogens (tertiary/aromatic N) is 1. The van der Waals surface area contributed by atoms with Crippen LogP contribution in [-0.4, -0.2) is 30.8 Å². The van der Waals surface area contributed by atoms with E-state index in [-0.39, 0.29) is 6.10 Å². The van der Waals surface area contributed by atoms with Gasteiger partial charge >= 0.3 is 0 Å². The van der Waals surface area contributed by atoms with E-state index in [0.717, 1.165) is 54.9 Å². The van der Waals surface area contributed by atoms with E-state index in [1.807, 2.05) is 30.0 Å². The maximum Gasteiger partial charge on any atom is 0.235 e. The van der Waals surface area contributed by atoms with Gasteiger partial charge in [0.05, 0.1) is 7.11 Å². The van der Waals surface area contributed by atoms with Gasteiger partial charge < -0.3 is 9.47 Å². The third-order valence-electron chi connectivity index (χ3n) is 4.79. The molecule has 1 saturated carbocycles. The van der Waals surface area contributed by atoms with Gasteiger partial charge in [-0.05, 0) is 37.5 Å². The molecule has 1 saturated heterocycles. The summed E-state index contributed by atoms with van der Waals surface area (Å²) in [5, 5.41) is 0. The molecular formula is C18H23NO3S. The average molecular weight is 333 g/mol. The molecule has 124 valence electrons. The first-order valence-electron chi connectivity index (χ1n) is 8.30. The molecule has 1 aliphatic heterocycles. The highest BCUT2D eigenvalue weighted by Crippen LogP contribution is 2.48. The molecule has 0 amide bonds. The van der Waals surface area contributed by atoms with Gasteiger partial charge in [0.15, 0.2) is 11.5 Å². The van der Waals surface area contributed by atoms with Gasteiger partial charge in [-0.15, -0.1) is 0 Å². The fourth-order valence-electron chi connectivity index (χ4n) is 3.62. The first-order valence-corrected chi connectivity index (χ1v) is 9.45. The molecule has 4 nitrogen and oxygen atoms in total. The summed E-state index contributed by atoms with van der Waals surface area (Å²) in [5.41, 5.74) is 0.487. The highest BCUT2D eigenvalue weighted by Gasteiger charge is 2.39. The number of benzene rings is 1. The summed E-state index contributed by atoms with van der Waals surface area (Å²) in [6.07, 6.45) is 8.10. The molecule has 0 radical (unpaired) electrons. The Hall–Kier alpha value is -1.45. The van der Waals surface area contributed by atoms with Crippen LogP contribution in [0.3, 0.4) is 0 Å². The second-order valence-corrected chi connectivity index (χ2v) is 7.39. The summed E-state index contributed by atoms with van der Waals surface area (Å²) in [5.74, 6) is 3.70. The maximum absolute atomic E-state index is 11.0. The molecule has 1 aliphatic carbocycles. The van der Waals surface area contributed by atoms with Crippen LogP contribution in [0.4, 0.5) is 0 Å². The minimum atomic E-state index is -0.493. The molecule has 1 aromatic carbocycles. The monoisotopic (exact) mass is 333 g/mol. The Kier molecular flexibility index (Phi) is 5.29. The van der Waals surface area contributed by atoms with Gasteiger partial charge in [-0.3, -0.25) is 0 Å². The van der Waals surface area contributed by atoms with E-state index in [2.05, 4.69) is 4.99 Å². The lowest BCUT2D eigenvalue weighted by molar-refractivity contribution is 0.196. The Morgan fingerprint density at radius 2 is 2.13 bits per heavy atom. The lowest BCUT2D eigenvalue weighted by Gasteiger charge is -2.30. The predicted molar refractivity (Wildman–Crippen MR) is 92.2 cm³/mol. The van der Waals surface area contributed by atoms with E-state index in [4.69, 9.17) is 9.47 Å². The third-order valence-corrected chi connectivity index (χ3v) is 5.98. The molecule has 1 unspecified atom stereocenters. The van der Waals surface area contributed by atoms with Crippen LogP contribution in [-0.2, 0) is 10.3 Å². The second-order valence-electron chi connectivity index (χ2n) is 6.24. The fourth-order valence-corrected chi connectivity index (χ4v) is 4.66. The number of para-hydroxylation sites is 1. The van der Waals surface area contributed by atoms with E-state index in [1.54, 1.807) is 13.2 Å². The molecule has 2 fully saturated rings. The number of ether oxygens (including phenoxy) is 2. The molecule has 0 N–H and O–H groups in total. The van der Waals surface area contributed by atoms with Crippen molar-refractivity contribution in [2.24, 2.45) is 4.99 Å².